The van der Waals surface area contributed by atoms with Crippen molar-refractivity contribution in [3.05, 3.63) is 0 Å². The van der Waals surface area contributed by atoms with Gasteiger partial charge in [-0.2, -0.15) is 5.26 Å². The molecule has 2 atom stereocenters. The van der Waals surface area contributed by atoms with Crippen LogP contribution in [0.25, 0.3) is 0 Å². The Labute approximate surface area is 92.1 Å². The summed E-state index contributed by atoms with van der Waals surface area (Å²) in [6.07, 6.45) is 0.727. The third kappa shape index (κ3) is 5.72. The Balaban J connectivity index is 4.18. The van der Waals surface area contributed by atoms with E-state index >= 15 is 0 Å². The van der Waals surface area contributed by atoms with E-state index in [1.165, 1.54) is 6.92 Å². The van der Waals surface area contributed by atoms with Gasteiger partial charge >= 0.3 is 0 Å². The predicted octanol–water partition coefficient (Wildman–Crippen LogP) is 0.158. The zero-order valence-corrected chi connectivity index (χ0v) is 10.5. The Morgan fingerprint density at radius 1 is 1.40 bits per heavy atom. The summed E-state index contributed by atoms with van der Waals surface area (Å²) in [4.78, 5) is 1.98. The first kappa shape index (κ1) is 14.4. The summed E-state index contributed by atoms with van der Waals surface area (Å²) in [5.74, 6) is 0. The fourth-order valence-electron chi connectivity index (χ4n) is 0.963. The second kappa shape index (κ2) is 6.05. The normalized spacial score (nSPS) is 16.0. The molecular weight excluding hydrogens is 214 g/mol. The van der Waals surface area contributed by atoms with Gasteiger partial charge in [0.05, 0.1) is 6.07 Å². The topological polar surface area (TPSA) is 73.2 Å². The van der Waals surface area contributed by atoms with E-state index in [0.717, 1.165) is 13.0 Å². The molecule has 0 saturated heterocycles. The lowest BCUT2D eigenvalue weighted by atomic mass is 10.2. The lowest BCUT2D eigenvalue weighted by molar-refractivity contribution is 0.378. The highest BCUT2D eigenvalue weighted by atomic mass is 32.2. The number of sulfonamides is 1. The first-order chi connectivity index (χ1) is 6.79. The maximum atomic E-state index is 11.5. The van der Waals surface area contributed by atoms with Crippen LogP contribution in [0, 0.1) is 11.3 Å². The van der Waals surface area contributed by atoms with E-state index in [4.69, 9.17) is 5.26 Å². The van der Waals surface area contributed by atoms with Gasteiger partial charge in [-0.3, -0.25) is 0 Å². The second-order valence-electron chi connectivity index (χ2n) is 3.93. The summed E-state index contributed by atoms with van der Waals surface area (Å²) < 4.78 is 25.4. The molecule has 0 heterocycles. The van der Waals surface area contributed by atoms with Gasteiger partial charge in [0.1, 0.15) is 0 Å². The molecule has 0 amide bonds. The van der Waals surface area contributed by atoms with Crippen molar-refractivity contribution in [1.82, 2.24) is 9.62 Å². The minimum atomic E-state index is -3.49. The van der Waals surface area contributed by atoms with Crippen molar-refractivity contribution in [2.45, 2.75) is 31.6 Å². The Morgan fingerprint density at radius 2 is 1.93 bits per heavy atom. The zero-order chi connectivity index (χ0) is 12.1. The van der Waals surface area contributed by atoms with E-state index < -0.39 is 15.3 Å². The van der Waals surface area contributed by atoms with Gasteiger partial charge in [0.15, 0.2) is 5.25 Å². The third-order valence-corrected chi connectivity index (χ3v) is 3.79. The monoisotopic (exact) mass is 233 g/mol. The van der Waals surface area contributed by atoms with Gasteiger partial charge in [0, 0.05) is 6.04 Å². The second-order valence-corrected chi connectivity index (χ2v) is 5.96. The van der Waals surface area contributed by atoms with Crippen molar-refractivity contribution in [2.24, 2.45) is 0 Å². The average molecular weight is 233 g/mol. The van der Waals surface area contributed by atoms with Crippen LogP contribution >= 0.6 is 0 Å². The van der Waals surface area contributed by atoms with Gasteiger partial charge < -0.3 is 4.90 Å². The van der Waals surface area contributed by atoms with E-state index in [0.29, 0.717) is 0 Å². The predicted molar refractivity (Wildman–Crippen MR) is 59.8 cm³/mol. The van der Waals surface area contributed by atoms with E-state index in [9.17, 15) is 8.42 Å². The molecule has 0 saturated carbocycles. The maximum Gasteiger partial charge on any atom is 0.227 e. The molecule has 0 aliphatic carbocycles. The summed E-state index contributed by atoms with van der Waals surface area (Å²) in [7, 11) is 0.372. The molecule has 0 aromatic heterocycles. The van der Waals surface area contributed by atoms with Gasteiger partial charge in [-0.1, -0.05) is 0 Å². The first-order valence-corrected chi connectivity index (χ1v) is 6.39. The molecule has 0 spiro atoms. The molecule has 0 bridgehead atoms. The summed E-state index contributed by atoms with van der Waals surface area (Å²) in [5, 5.41) is 7.52. The van der Waals surface area contributed by atoms with Crippen LogP contribution in [0.4, 0.5) is 0 Å². The molecule has 0 aromatic rings. The van der Waals surface area contributed by atoms with E-state index in [-0.39, 0.29) is 6.04 Å². The van der Waals surface area contributed by atoms with Crippen LogP contribution in [0.1, 0.15) is 20.3 Å². The van der Waals surface area contributed by atoms with E-state index in [2.05, 4.69) is 4.72 Å². The number of nitrogens with zero attached hydrogens (tertiary/aromatic N) is 2. The minimum absolute atomic E-state index is 0.145. The van der Waals surface area contributed by atoms with Crippen LogP contribution in [-0.2, 0) is 10.0 Å². The van der Waals surface area contributed by atoms with Crippen molar-refractivity contribution in [3.63, 3.8) is 0 Å². The van der Waals surface area contributed by atoms with Gasteiger partial charge in [-0.25, -0.2) is 13.1 Å². The van der Waals surface area contributed by atoms with Crippen molar-refractivity contribution in [3.8, 4) is 6.07 Å². The molecule has 0 fully saturated rings. The largest absolute Gasteiger partial charge is 0.309 e. The Bertz CT molecular complexity index is 319. The van der Waals surface area contributed by atoms with Crippen LogP contribution in [0.15, 0.2) is 0 Å². The number of hydrogen-bond acceptors (Lipinski definition) is 4. The number of hydrogen-bond donors (Lipinski definition) is 1. The van der Waals surface area contributed by atoms with Crippen LogP contribution in [0.2, 0.25) is 0 Å². The molecule has 0 radical (unpaired) electrons. The minimum Gasteiger partial charge on any atom is -0.309 e. The molecule has 2 unspecified atom stereocenters. The van der Waals surface area contributed by atoms with Crippen molar-refractivity contribution < 1.29 is 8.42 Å². The Hall–Kier alpha value is -0.640. The van der Waals surface area contributed by atoms with Crippen molar-refractivity contribution >= 4 is 10.0 Å². The smallest absolute Gasteiger partial charge is 0.227 e. The van der Waals surface area contributed by atoms with Crippen LogP contribution in [0.3, 0.4) is 0 Å². The summed E-state index contributed by atoms with van der Waals surface area (Å²) in [5.41, 5.74) is 0. The molecule has 88 valence electrons. The molecule has 5 nitrogen and oxygen atoms in total. The van der Waals surface area contributed by atoms with Crippen LogP contribution < -0.4 is 4.72 Å². The van der Waals surface area contributed by atoms with Crippen molar-refractivity contribution in [2.75, 3.05) is 20.6 Å². The van der Waals surface area contributed by atoms with Crippen molar-refractivity contribution in [1.29, 1.82) is 5.26 Å². The maximum absolute atomic E-state index is 11.5. The summed E-state index contributed by atoms with van der Waals surface area (Å²) in [6.45, 7) is 3.98. The third-order valence-electron chi connectivity index (χ3n) is 2.02. The van der Waals surface area contributed by atoms with Crippen LogP contribution in [0.5, 0.6) is 0 Å². The molecule has 15 heavy (non-hydrogen) atoms. The summed E-state index contributed by atoms with van der Waals surface area (Å²) in [6, 6.07) is 1.57. The van der Waals surface area contributed by atoms with Gasteiger partial charge in [-0.15, -0.1) is 0 Å². The molecule has 1 N–H and O–H groups in total. The highest BCUT2D eigenvalue weighted by molar-refractivity contribution is 7.90. The lowest BCUT2D eigenvalue weighted by Crippen LogP contribution is -2.39. The van der Waals surface area contributed by atoms with Gasteiger partial charge in [-0.05, 0) is 40.9 Å². The molecule has 0 aromatic carbocycles. The van der Waals surface area contributed by atoms with E-state index in [1.54, 1.807) is 13.0 Å². The summed E-state index contributed by atoms with van der Waals surface area (Å²) >= 11 is 0. The molecular formula is C9H19N3O2S. The fraction of sp³-hybridized carbons (Fsp3) is 0.889. The zero-order valence-electron chi connectivity index (χ0n) is 9.69. The number of rotatable bonds is 6. The Kier molecular flexibility index (Phi) is 5.80. The molecule has 0 rings (SSSR count). The first-order valence-electron chi connectivity index (χ1n) is 4.85. The van der Waals surface area contributed by atoms with E-state index in [1.807, 2.05) is 19.0 Å². The number of nitrogens with one attached hydrogen (secondary N) is 1. The highest BCUT2D eigenvalue weighted by Gasteiger charge is 2.21. The number of nitriles is 1. The van der Waals surface area contributed by atoms with Crippen LogP contribution in [-0.4, -0.2) is 45.2 Å². The lowest BCUT2D eigenvalue weighted by Gasteiger charge is -2.17. The molecule has 0 aliphatic heterocycles. The van der Waals surface area contributed by atoms with Gasteiger partial charge in [0.25, 0.3) is 0 Å². The molecule has 6 heteroatoms. The molecule has 0 aliphatic rings. The standard InChI is InChI=1S/C9H19N3O2S/c1-8(5-6-12(3)4)11-15(13,14)9(2)7-10/h8-9,11H,5-6H2,1-4H3. The fourth-order valence-corrected chi connectivity index (χ4v) is 1.98. The Morgan fingerprint density at radius 3 is 2.33 bits per heavy atom. The highest BCUT2D eigenvalue weighted by Crippen LogP contribution is 2.01. The quantitative estimate of drug-likeness (QED) is 0.709. The van der Waals surface area contributed by atoms with Gasteiger partial charge in [0.2, 0.25) is 10.0 Å². The SMILES string of the molecule is CC(CCN(C)C)NS(=O)(=O)C(C)C#N. The average Bonchev–Trinajstić information content (AvgIpc) is 2.12.